The highest BCUT2D eigenvalue weighted by Crippen LogP contribution is 2.42. The van der Waals surface area contributed by atoms with E-state index in [0.717, 1.165) is 0 Å². The lowest BCUT2D eigenvalue weighted by atomic mass is 10.1. The van der Waals surface area contributed by atoms with E-state index in [1.807, 2.05) is 0 Å². The van der Waals surface area contributed by atoms with Crippen LogP contribution in [-0.2, 0) is 4.57 Å². The van der Waals surface area contributed by atoms with Crippen LogP contribution < -0.4 is 0 Å². The van der Waals surface area contributed by atoms with Gasteiger partial charge in [-0.15, -0.1) is 0 Å². The molecule has 0 aliphatic carbocycles. The zero-order valence-corrected chi connectivity index (χ0v) is 9.57. The average molecular weight is 249 g/mol. The summed E-state index contributed by atoms with van der Waals surface area (Å²) in [5.74, 6) is -0.645. The van der Waals surface area contributed by atoms with Crippen molar-refractivity contribution in [2.75, 3.05) is 0 Å². The lowest BCUT2D eigenvalue weighted by molar-refractivity contribution is 0.0983. The molecule has 0 fully saturated rings. The fourth-order valence-corrected chi connectivity index (χ4v) is 1.71. The first kappa shape index (κ1) is 12.4. The van der Waals surface area contributed by atoms with Crippen molar-refractivity contribution in [3.05, 3.63) is 34.9 Å². The van der Waals surface area contributed by atoms with Crippen LogP contribution in [0.15, 0.2) is 24.3 Å². The second kappa shape index (κ2) is 4.45. The predicted molar refractivity (Wildman–Crippen MR) is 57.3 cm³/mol. The fraction of sp³-hybridized carbons (Fsp3) is 0.222. The van der Waals surface area contributed by atoms with E-state index in [4.69, 9.17) is 21.4 Å². The van der Waals surface area contributed by atoms with Gasteiger partial charge in [-0.25, -0.2) is 0 Å². The van der Waals surface area contributed by atoms with E-state index in [1.165, 1.54) is 19.1 Å². The predicted octanol–water partition coefficient (Wildman–Crippen LogP) is 2.09. The molecular formula is C9H10ClO4P. The smallest absolute Gasteiger partial charge is 0.324 e. The fourth-order valence-electron chi connectivity index (χ4n) is 1.04. The van der Waals surface area contributed by atoms with Crippen molar-refractivity contribution >= 4 is 25.0 Å². The monoisotopic (exact) mass is 248 g/mol. The van der Waals surface area contributed by atoms with Gasteiger partial charge in [0.25, 0.3) is 0 Å². The quantitative estimate of drug-likeness (QED) is 0.634. The number of rotatable bonds is 3. The second-order valence-electron chi connectivity index (χ2n) is 3.11. The lowest BCUT2D eigenvalue weighted by Gasteiger charge is -2.12. The maximum absolute atomic E-state index is 11.6. The molecule has 1 aromatic rings. The van der Waals surface area contributed by atoms with Crippen molar-refractivity contribution in [2.24, 2.45) is 0 Å². The molecule has 1 rings (SSSR count). The minimum absolute atomic E-state index is 0.134. The third-order valence-corrected chi connectivity index (χ3v) is 3.60. The maximum atomic E-state index is 11.6. The van der Waals surface area contributed by atoms with Gasteiger partial charge in [-0.1, -0.05) is 23.7 Å². The molecule has 4 nitrogen and oxygen atoms in total. The summed E-state index contributed by atoms with van der Waals surface area (Å²) < 4.78 is 10.9. The number of ketones is 1. The molecule has 2 N–H and O–H groups in total. The van der Waals surface area contributed by atoms with Gasteiger partial charge in [-0.05, 0) is 19.1 Å². The van der Waals surface area contributed by atoms with Crippen LogP contribution in [0.1, 0.15) is 17.3 Å². The van der Waals surface area contributed by atoms with E-state index < -0.39 is 19.0 Å². The molecule has 6 heteroatoms. The first-order chi connectivity index (χ1) is 6.84. The van der Waals surface area contributed by atoms with E-state index in [2.05, 4.69) is 0 Å². The van der Waals surface area contributed by atoms with Gasteiger partial charge in [-0.3, -0.25) is 9.36 Å². The number of carbonyl (C=O) groups excluding carboxylic acids is 1. The van der Waals surface area contributed by atoms with Crippen molar-refractivity contribution < 1.29 is 19.1 Å². The van der Waals surface area contributed by atoms with E-state index >= 15 is 0 Å². The Morgan fingerprint density at radius 1 is 1.40 bits per heavy atom. The Bertz CT molecular complexity index is 426. The molecule has 1 unspecified atom stereocenters. The molecule has 82 valence electrons. The van der Waals surface area contributed by atoms with Gasteiger partial charge in [0.2, 0.25) is 0 Å². The Morgan fingerprint density at radius 2 is 1.93 bits per heavy atom. The van der Waals surface area contributed by atoms with Crippen molar-refractivity contribution in [3.63, 3.8) is 0 Å². The van der Waals surface area contributed by atoms with Crippen LogP contribution >= 0.6 is 19.2 Å². The van der Waals surface area contributed by atoms with Gasteiger partial charge in [0.05, 0.1) is 5.02 Å². The van der Waals surface area contributed by atoms with E-state index in [9.17, 15) is 9.36 Å². The third kappa shape index (κ3) is 2.89. The average Bonchev–Trinajstić information content (AvgIpc) is 2.15. The molecule has 15 heavy (non-hydrogen) atoms. The summed E-state index contributed by atoms with van der Waals surface area (Å²) in [5.41, 5.74) is -1.23. The Kier molecular flexibility index (Phi) is 3.68. The van der Waals surface area contributed by atoms with Crippen molar-refractivity contribution in [3.8, 4) is 0 Å². The number of Topliss-reactive ketones (excluding diaryl/α,β-unsaturated/α-hetero) is 1. The number of carbonyl (C=O) groups is 1. The van der Waals surface area contributed by atoms with Crippen molar-refractivity contribution in [1.82, 2.24) is 0 Å². The first-order valence-corrected chi connectivity index (χ1v) is 6.24. The molecule has 1 atom stereocenters. The van der Waals surface area contributed by atoms with Gasteiger partial charge in [-0.2, -0.15) is 0 Å². The Morgan fingerprint density at radius 3 is 2.40 bits per heavy atom. The molecule has 0 saturated carbocycles. The minimum Gasteiger partial charge on any atom is -0.324 e. The zero-order valence-electron chi connectivity index (χ0n) is 7.92. The summed E-state index contributed by atoms with van der Waals surface area (Å²) in [6, 6.07) is 6.17. The molecule has 1 aromatic carbocycles. The van der Waals surface area contributed by atoms with Gasteiger partial charge >= 0.3 is 7.60 Å². The van der Waals surface area contributed by atoms with Gasteiger partial charge < -0.3 is 9.79 Å². The largest absolute Gasteiger partial charge is 0.336 e. The van der Waals surface area contributed by atoms with Crippen LogP contribution in [0.4, 0.5) is 0 Å². The Labute approximate surface area is 92.0 Å². The van der Waals surface area contributed by atoms with Crippen LogP contribution in [0.25, 0.3) is 0 Å². The summed E-state index contributed by atoms with van der Waals surface area (Å²) in [6.45, 7) is 1.19. The molecule has 0 aromatic heterocycles. The number of hydrogen-bond donors (Lipinski definition) is 2. The van der Waals surface area contributed by atoms with Crippen LogP contribution in [-0.4, -0.2) is 21.2 Å². The number of halogens is 1. The van der Waals surface area contributed by atoms with E-state index in [1.54, 1.807) is 12.1 Å². The maximum Gasteiger partial charge on any atom is 0.336 e. The topological polar surface area (TPSA) is 74.6 Å². The zero-order chi connectivity index (χ0) is 11.6. The highest BCUT2D eigenvalue weighted by Gasteiger charge is 2.32. The van der Waals surface area contributed by atoms with Gasteiger partial charge in [0.15, 0.2) is 5.78 Å². The highest BCUT2D eigenvalue weighted by atomic mass is 35.5. The van der Waals surface area contributed by atoms with Crippen molar-refractivity contribution in [2.45, 2.75) is 12.6 Å². The van der Waals surface area contributed by atoms with Crippen LogP contribution in [0.5, 0.6) is 0 Å². The summed E-state index contributed by atoms with van der Waals surface area (Å²) in [6.07, 6.45) is 0. The molecule has 0 amide bonds. The second-order valence-corrected chi connectivity index (χ2v) is 5.47. The van der Waals surface area contributed by atoms with Crippen LogP contribution in [0, 0.1) is 0 Å². The Hall–Kier alpha value is -0.670. The molecule has 0 bridgehead atoms. The molecule has 0 radical (unpaired) electrons. The standard InChI is InChI=1S/C9H10ClO4P/c1-6(15(12,13)14)9(11)7-4-2-3-5-8(7)10/h2-6H,1H3,(H2,12,13,14). The van der Waals surface area contributed by atoms with Gasteiger partial charge in [0, 0.05) is 5.56 Å². The Balaban J connectivity index is 3.06. The first-order valence-electron chi connectivity index (χ1n) is 4.18. The molecule has 0 spiro atoms. The molecule has 0 saturated heterocycles. The molecular weight excluding hydrogens is 239 g/mol. The summed E-state index contributed by atoms with van der Waals surface area (Å²) in [5, 5.41) is 0.197. The number of hydrogen-bond acceptors (Lipinski definition) is 2. The highest BCUT2D eigenvalue weighted by molar-refractivity contribution is 7.53. The molecule has 0 heterocycles. The van der Waals surface area contributed by atoms with Crippen LogP contribution in [0.3, 0.4) is 0 Å². The number of benzene rings is 1. The summed E-state index contributed by atoms with van der Waals surface area (Å²) >= 11 is 5.74. The summed E-state index contributed by atoms with van der Waals surface area (Å²) in [4.78, 5) is 29.3. The third-order valence-electron chi connectivity index (χ3n) is 2.02. The summed E-state index contributed by atoms with van der Waals surface area (Å²) in [7, 11) is -4.41. The minimum atomic E-state index is -4.41. The van der Waals surface area contributed by atoms with Crippen LogP contribution in [0.2, 0.25) is 5.02 Å². The SMILES string of the molecule is CC(C(=O)c1ccccc1Cl)P(=O)(O)O. The molecule has 0 aliphatic heterocycles. The van der Waals surface area contributed by atoms with E-state index in [-0.39, 0.29) is 10.6 Å². The normalized spacial score (nSPS) is 13.6. The van der Waals surface area contributed by atoms with Gasteiger partial charge in [0.1, 0.15) is 5.66 Å². The lowest BCUT2D eigenvalue weighted by Crippen LogP contribution is -2.17. The van der Waals surface area contributed by atoms with Crippen molar-refractivity contribution in [1.29, 1.82) is 0 Å². The molecule has 0 aliphatic rings. The van der Waals surface area contributed by atoms with E-state index in [0.29, 0.717) is 0 Å².